The number of halogens is 3. The van der Waals surface area contributed by atoms with Gasteiger partial charge in [0.1, 0.15) is 11.0 Å². The first-order chi connectivity index (χ1) is 14.7. The third-order valence-corrected chi connectivity index (χ3v) is 5.66. The Morgan fingerprint density at radius 3 is 2.65 bits per heavy atom. The number of hydrogen-bond acceptors (Lipinski definition) is 5. The molecule has 0 bridgehead atoms. The molecule has 1 fully saturated rings. The van der Waals surface area contributed by atoms with Crippen LogP contribution in [0.5, 0.6) is 5.75 Å². The number of benzene rings is 2. The summed E-state index contributed by atoms with van der Waals surface area (Å²) in [7, 11) is 1.48. The van der Waals surface area contributed by atoms with Crippen LogP contribution in [0.25, 0.3) is 0 Å². The fraction of sp³-hybridized carbons (Fsp3) is 0.286. The Morgan fingerprint density at radius 2 is 1.97 bits per heavy atom. The van der Waals surface area contributed by atoms with Crippen molar-refractivity contribution in [2.24, 2.45) is 4.99 Å². The van der Waals surface area contributed by atoms with Gasteiger partial charge in [-0.15, -0.1) is 0 Å². The Labute approximate surface area is 181 Å². The first-order valence-electron chi connectivity index (χ1n) is 9.39. The maximum Gasteiger partial charge on any atom is 0.416 e. The van der Waals surface area contributed by atoms with Gasteiger partial charge in [0, 0.05) is 13.0 Å². The van der Waals surface area contributed by atoms with Gasteiger partial charge in [0.15, 0.2) is 5.17 Å². The Hall–Kier alpha value is -3.01. The first-order valence-corrected chi connectivity index (χ1v) is 10.3. The van der Waals surface area contributed by atoms with E-state index in [1.54, 1.807) is 31.2 Å². The van der Waals surface area contributed by atoms with Crippen LogP contribution >= 0.6 is 11.8 Å². The van der Waals surface area contributed by atoms with Crippen LogP contribution in [0.1, 0.15) is 18.9 Å². The van der Waals surface area contributed by atoms with E-state index in [0.717, 1.165) is 23.9 Å². The van der Waals surface area contributed by atoms with Gasteiger partial charge < -0.3 is 10.1 Å². The number of aliphatic imine (C=N–C) groups is 1. The lowest BCUT2D eigenvalue weighted by Crippen LogP contribution is -2.33. The van der Waals surface area contributed by atoms with Crippen LogP contribution in [0, 0.1) is 0 Å². The van der Waals surface area contributed by atoms with Crippen LogP contribution in [-0.2, 0) is 15.8 Å². The molecule has 2 amide bonds. The molecule has 6 nitrogen and oxygen atoms in total. The minimum absolute atomic E-state index is 0.0858. The normalized spacial score (nSPS) is 17.8. The van der Waals surface area contributed by atoms with Crippen LogP contribution in [0.15, 0.2) is 53.5 Å². The lowest BCUT2D eigenvalue weighted by molar-refractivity contribution is -0.137. The highest BCUT2D eigenvalue weighted by atomic mass is 32.2. The monoisotopic (exact) mass is 451 g/mol. The number of rotatable bonds is 6. The van der Waals surface area contributed by atoms with Crippen molar-refractivity contribution >= 4 is 40.1 Å². The quantitative estimate of drug-likeness (QED) is 0.692. The number of thioether (sulfide) groups is 1. The lowest BCUT2D eigenvalue weighted by Gasteiger charge is -2.14. The van der Waals surface area contributed by atoms with E-state index >= 15 is 0 Å². The smallest absolute Gasteiger partial charge is 0.416 e. The number of carbonyl (C=O) groups excluding carboxylic acids is 2. The zero-order valence-corrected chi connectivity index (χ0v) is 17.6. The summed E-state index contributed by atoms with van der Waals surface area (Å²) in [6.45, 7) is 2.02. The Balaban J connectivity index is 1.75. The van der Waals surface area contributed by atoms with E-state index in [1.807, 2.05) is 0 Å². The molecule has 2 aromatic carbocycles. The van der Waals surface area contributed by atoms with E-state index in [0.29, 0.717) is 11.4 Å². The molecule has 10 heteroatoms. The highest BCUT2D eigenvalue weighted by molar-refractivity contribution is 8.15. The topological polar surface area (TPSA) is 71.0 Å². The maximum atomic E-state index is 13.0. The van der Waals surface area contributed by atoms with Crippen LogP contribution < -0.4 is 10.1 Å². The molecule has 164 valence electrons. The second kappa shape index (κ2) is 9.42. The summed E-state index contributed by atoms with van der Waals surface area (Å²) < 4.78 is 44.1. The number of nitrogens with zero attached hydrogens (tertiary/aromatic N) is 2. The number of methoxy groups -OCH3 is 1. The van der Waals surface area contributed by atoms with Gasteiger partial charge >= 0.3 is 6.18 Å². The van der Waals surface area contributed by atoms with E-state index in [4.69, 9.17) is 4.74 Å². The minimum Gasteiger partial charge on any atom is -0.495 e. The third-order valence-electron chi connectivity index (χ3n) is 4.49. The number of amidine groups is 1. The number of anilines is 1. The van der Waals surface area contributed by atoms with Crippen LogP contribution in [0.3, 0.4) is 0 Å². The van der Waals surface area contributed by atoms with Crippen LogP contribution in [-0.4, -0.2) is 40.8 Å². The average Bonchev–Trinajstić information content (AvgIpc) is 3.01. The fourth-order valence-corrected chi connectivity index (χ4v) is 4.22. The minimum atomic E-state index is -4.49. The zero-order chi connectivity index (χ0) is 22.6. The molecule has 31 heavy (non-hydrogen) atoms. The second-order valence-corrected chi connectivity index (χ2v) is 7.75. The molecule has 0 radical (unpaired) electrons. The van der Waals surface area contributed by atoms with Gasteiger partial charge in [-0.1, -0.05) is 30.0 Å². The number of para-hydroxylation sites is 2. The van der Waals surface area contributed by atoms with Gasteiger partial charge in [-0.2, -0.15) is 13.2 Å². The van der Waals surface area contributed by atoms with Gasteiger partial charge in [0.25, 0.3) is 0 Å². The summed E-state index contributed by atoms with van der Waals surface area (Å²) >= 11 is 1.06. The summed E-state index contributed by atoms with van der Waals surface area (Å²) in [5.41, 5.74) is -0.252. The number of hydrogen-bond donors (Lipinski definition) is 1. The van der Waals surface area contributed by atoms with Crippen LogP contribution in [0.2, 0.25) is 0 Å². The zero-order valence-electron chi connectivity index (χ0n) is 16.8. The molecule has 1 heterocycles. The Bertz CT molecular complexity index is 1010. The average molecular weight is 451 g/mol. The van der Waals surface area contributed by atoms with E-state index in [1.165, 1.54) is 24.1 Å². The van der Waals surface area contributed by atoms with Gasteiger partial charge in [0.2, 0.25) is 11.8 Å². The molecule has 1 saturated heterocycles. The third kappa shape index (κ3) is 5.38. The van der Waals surface area contributed by atoms with Crippen LogP contribution in [0.4, 0.5) is 24.5 Å². The molecule has 0 aliphatic carbocycles. The van der Waals surface area contributed by atoms with Crippen molar-refractivity contribution in [2.45, 2.75) is 24.8 Å². The molecule has 0 spiro atoms. The van der Waals surface area contributed by atoms with Crippen molar-refractivity contribution in [3.05, 3.63) is 54.1 Å². The standard InChI is InChI=1S/C21H20F3N3O3S/c1-3-27-19(29)17(12-18(28)26-15-9-4-5-10-16(15)30-2)31-20(27)25-14-8-6-7-13(11-14)21(22,23)24/h4-11,17H,3,12H2,1-2H3,(H,26,28). The number of alkyl halides is 3. The van der Waals surface area contributed by atoms with E-state index in [2.05, 4.69) is 10.3 Å². The van der Waals surface area contributed by atoms with E-state index < -0.39 is 17.0 Å². The highest BCUT2D eigenvalue weighted by Crippen LogP contribution is 2.35. The van der Waals surface area contributed by atoms with Crippen molar-refractivity contribution in [3.8, 4) is 5.75 Å². The number of carbonyl (C=O) groups is 2. The van der Waals surface area contributed by atoms with Gasteiger partial charge in [-0.3, -0.25) is 14.5 Å². The predicted octanol–water partition coefficient (Wildman–Crippen LogP) is 4.69. The molecule has 3 rings (SSSR count). The molecular formula is C21H20F3N3O3S. The molecular weight excluding hydrogens is 431 g/mol. The Kier molecular flexibility index (Phi) is 6.89. The number of ether oxygens (including phenoxy) is 1. The molecule has 1 unspecified atom stereocenters. The van der Waals surface area contributed by atoms with E-state index in [-0.39, 0.29) is 35.6 Å². The van der Waals surface area contributed by atoms with Crippen molar-refractivity contribution in [2.75, 3.05) is 19.0 Å². The van der Waals surface area contributed by atoms with Crippen molar-refractivity contribution in [1.29, 1.82) is 0 Å². The van der Waals surface area contributed by atoms with Crippen molar-refractivity contribution in [3.63, 3.8) is 0 Å². The number of amides is 2. The molecule has 1 aliphatic rings. The van der Waals surface area contributed by atoms with Crippen molar-refractivity contribution in [1.82, 2.24) is 4.90 Å². The molecule has 2 aromatic rings. The first kappa shape index (κ1) is 22.7. The molecule has 1 N–H and O–H groups in total. The molecule has 0 aromatic heterocycles. The Morgan fingerprint density at radius 1 is 1.23 bits per heavy atom. The fourth-order valence-electron chi connectivity index (χ4n) is 3.00. The summed E-state index contributed by atoms with van der Waals surface area (Å²) in [6.07, 6.45) is -4.60. The van der Waals surface area contributed by atoms with Gasteiger partial charge in [0.05, 0.1) is 24.0 Å². The maximum absolute atomic E-state index is 13.0. The van der Waals surface area contributed by atoms with E-state index in [9.17, 15) is 22.8 Å². The highest BCUT2D eigenvalue weighted by Gasteiger charge is 2.38. The predicted molar refractivity (Wildman–Crippen MR) is 114 cm³/mol. The summed E-state index contributed by atoms with van der Waals surface area (Å²) in [4.78, 5) is 30.8. The van der Waals surface area contributed by atoms with Gasteiger partial charge in [-0.25, -0.2) is 4.99 Å². The van der Waals surface area contributed by atoms with Gasteiger partial charge in [-0.05, 0) is 37.3 Å². The summed E-state index contributed by atoms with van der Waals surface area (Å²) in [6, 6.07) is 11.5. The van der Waals surface area contributed by atoms with Crippen molar-refractivity contribution < 1.29 is 27.5 Å². The summed E-state index contributed by atoms with van der Waals surface area (Å²) in [5.74, 6) is -0.205. The SMILES string of the molecule is CCN1C(=O)C(CC(=O)Nc2ccccc2OC)SC1=Nc1cccc(C(F)(F)F)c1. The summed E-state index contributed by atoms with van der Waals surface area (Å²) in [5, 5.41) is 2.26. The molecule has 0 saturated carbocycles. The lowest BCUT2D eigenvalue weighted by atomic mass is 10.2. The molecule has 1 aliphatic heterocycles. The largest absolute Gasteiger partial charge is 0.495 e. The number of nitrogens with one attached hydrogen (secondary N) is 1. The molecule has 1 atom stereocenters. The second-order valence-electron chi connectivity index (χ2n) is 6.58.